The summed E-state index contributed by atoms with van der Waals surface area (Å²) in [5.74, 6) is 2.64. The summed E-state index contributed by atoms with van der Waals surface area (Å²) in [6, 6.07) is 5.81. The molecule has 0 spiro atoms. The number of carbonyl (C=O) groups excluding carboxylic acids is 1. The lowest BCUT2D eigenvalue weighted by atomic mass is 9.78. The van der Waals surface area contributed by atoms with Gasteiger partial charge in [-0.1, -0.05) is 53.1 Å². The molecule has 32 heavy (non-hydrogen) atoms. The SMILES string of the molecule is CC(C)CC(C)C(C)(C)C.Cc1c(Cl)c(=O)oc2cc(SCCCCCOC=O)ccc12. The molecule has 1 heterocycles. The molecule has 4 nitrogen and oxygen atoms in total. The second kappa shape index (κ2) is 13.9. The Hall–Kier alpha value is -1.46. The molecule has 180 valence electrons. The zero-order valence-electron chi connectivity index (χ0n) is 20.6. The van der Waals surface area contributed by atoms with Crippen LogP contribution in [0.5, 0.6) is 0 Å². The van der Waals surface area contributed by atoms with Gasteiger partial charge in [0.2, 0.25) is 0 Å². The first-order chi connectivity index (χ1) is 15.0. The third-order valence-electron chi connectivity index (χ3n) is 5.61. The van der Waals surface area contributed by atoms with Gasteiger partial charge in [0.25, 0.3) is 6.47 Å². The molecule has 0 amide bonds. The Kier molecular flexibility index (Phi) is 12.5. The van der Waals surface area contributed by atoms with Crippen LogP contribution in [-0.4, -0.2) is 18.8 Å². The van der Waals surface area contributed by atoms with E-state index >= 15 is 0 Å². The van der Waals surface area contributed by atoms with Crippen molar-refractivity contribution in [2.75, 3.05) is 12.4 Å². The maximum Gasteiger partial charge on any atom is 0.355 e. The van der Waals surface area contributed by atoms with E-state index in [1.807, 2.05) is 25.1 Å². The number of halogens is 1. The van der Waals surface area contributed by atoms with Gasteiger partial charge < -0.3 is 9.15 Å². The second-order valence-corrected chi connectivity index (χ2v) is 11.3. The van der Waals surface area contributed by atoms with Gasteiger partial charge in [0.1, 0.15) is 10.6 Å². The van der Waals surface area contributed by atoms with E-state index in [1.165, 1.54) is 6.42 Å². The Labute approximate surface area is 202 Å². The number of ether oxygens (including phenoxy) is 1. The number of unbranched alkanes of at least 4 members (excludes halogenated alkanes) is 2. The summed E-state index contributed by atoms with van der Waals surface area (Å²) in [7, 11) is 0. The molecule has 0 bridgehead atoms. The predicted molar refractivity (Wildman–Crippen MR) is 137 cm³/mol. The van der Waals surface area contributed by atoms with Crippen molar-refractivity contribution in [3.05, 3.63) is 39.2 Å². The highest BCUT2D eigenvalue weighted by atomic mass is 35.5. The molecule has 0 aliphatic heterocycles. The standard InChI is InChI=1S/C16H17ClO4S.C10H22/c1-11-13-6-5-12(9-14(13)21-16(19)15(11)17)22-8-4-2-3-7-20-10-18;1-8(2)7-9(3)10(4,5)6/h5-6,9-10H,2-4,7-8H2,1H3;8-9H,7H2,1-6H3. The van der Waals surface area contributed by atoms with Gasteiger partial charge in [-0.25, -0.2) is 4.79 Å². The number of aryl methyl sites for hydroxylation is 1. The van der Waals surface area contributed by atoms with E-state index in [0.717, 1.165) is 52.7 Å². The van der Waals surface area contributed by atoms with Crippen molar-refractivity contribution in [2.45, 2.75) is 79.0 Å². The summed E-state index contributed by atoms with van der Waals surface area (Å²) in [5.41, 5.74) is 1.31. The molecule has 0 aliphatic rings. The van der Waals surface area contributed by atoms with Crippen LogP contribution in [0.2, 0.25) is 5.02 Å². The first-order valence-corrected chi connectivity index (χ1v) is 12.7. The van der Waals surface area contributed by atoms with E-state index in [9.17, 15) is 9.59 Å². The van der Waals surface area contributed by atoms with Gasteiger partial charge in [-0.15, -0.1) is 11.8 Å². The molecule has 1 aromatic carbocycles. The fraction of sp³-hybridized carbons (Fsp3) is 0.615. The largest absolute Gasteiger partial charge is 0.468 e. The summed E-state index contributed by atoms with van der Waals surface area (Å²) < 4.78 is 9.87. The number of rotatable bonds is 10. The van der Waals surface area contributed by atoms with Crippen LogP contribution in [-0.2, 0) is 9.53 Å². The summed E-state index contributed by atoms with van der Waals surface area (Å²) in [6.07, 6.45) is 4.28. The van der Waals surface area contributed by atoms with Crippen molar-refractivity contribution in [1.82, 2.24) is 0 Å². The van der Waals surface area contributed by atoms with Crippen LogP contribution in [0.1, 0.15) is 72.8 Å². The molecule has 2 rings (SSSR count). The number of thioether (sulfide) groups is 1. The average Bonchev–Trinajstić information content (AvgIpc) is 2.70. The van der Waals surface area contributed by atoms with Crippen molar-refractivity contribution in [3.8, 4) is 0 Å². The van der Waals surface area contributed by atoms with Gasteiger partial charge in [-0.2, -0.15) is 0 Å². The highest BCUT2D eigenvalue weighted by molar-refractivity contribution is 7.99. The molecule has 0 fully saturated rings. The summed E-state index contributed by atoms with van der Waals surface area (Å²) in [6.45, 7) is 16.7. The van der Waals surface area contributed by atoms with Crippen molar-refractivity contribution in [2.24, 2.45) is 17.3 Å². The van der Waals surface area contributed by atoms with Crippen molar-refractivity contribution in [1.29, 1.82) is 0 Å². The number of fused-ring (bicyclic) bond motifs is 1. The Balaban J connectivity index is 0.000000433. The van der Waals surface area contributed by atoms with E-state index in [-0.39, 0.29) is 5.02 Å². The third-order valence-corrected chi connectivity index (χ3v) is 7.13. The molecular weight excluding hydrogens is 444 g/mol. The lowest BCUT2D eigenvalue weighted by Gasteiger charge is -2.28. The molecule has 0 N–H and O–H groups in total. The van der Waals surface area contributed by atoms with Crippen molar-refractivity contribution < 1.29 is 13.9 Å². The fourth-order valence-corrected chi connectivity index (χ4v) is 4.24. The van der Waals surface area contributed by atoms with Crippen LogP contribution in [0.4, 0.5) is 0 Å². The van der Waals surface area contributed by atoms with Gasteiger partial charge >= 0.3 is 5.63 Å². The molecule has 6 heteroatoms. The molecule has 0 aliphatic carbocycles. The number of hydrogen-bond donors (Lipinski definition) is 0. The minimum Gasteiger partial charge on any atom is -0.468 e. The van der Waals surface area contributed by atoms with Crippen LogP contribution in [0.3, 0.4) is 0 Å². The van der Waals surface area contributed by atoms with E-state index in [1.54, 1.807) is 11.8 Å². The molecule has 0 saturated heterocycles. The van der Waals surface area contributed by atoms with Crippen molar-refractivity contribution >= 4 is 40.8 Å². The van der Waals surface area contributed by atoms with Gasteiger partial charge in [0, 0.05) is 10.3 Å². The first-order valence-electron chi connectivity index (χ1n) is 11.4. The summed E-state index contributed by atoms with van der Waals surface area (Å²) >= 11 is 7.62. The van der Waals surface area contributed by atoms with Crippen LogP contribution < -0.4 is 5.63 Å². The van der Waals surface area contributed by atoms with E-state index in [2.05, 4.69) is 46.3 Å². The molecule has 1 aromatic heterocycles. The van der Waals surface area contributed by atoms with Crippen LogP contribution in [0.15, 0.2) is 32.3 Å². The molecule has 1 atom stereocenters. The first kappa shape index (κ1) is 28.6. The van der Waals surface area contributed by atoms with Gasteiger partial charge in [-0.05, 0) is 79.4 Å². The van der Waals surface area contributed by atoms with Crippen LogP contribution in [0, 0.1) is 24.2 Å². The highest BCUT2D eigenvalue weighted by Crippen LogP contribution is 2.30. The lowest BCUT2D eigenvalue weighted by molar-refractivity contribution is -0.128. The molecule has 1 unspecified atom stereocenters. The second-order valence-electron chi connectivity index (χ2n) is 9.76. The monoisotopic (exact) mass is 482 g/mol. The molecule has 2 aromatic rings. The van der Waals surface area contributed by atoms with Gasteiger partial charge in [-0.3, -0.25) is 4.79 Å². The van der Waals surface area contributed by atoms with E-state index in [0.29, 0.717) is 24.1 Å². The fourth-order valence-electron chi connectivity index (χ4n) is 3.17. The third kappa shape index (κ3) is 9.99. The molecular formula is C26H39ClO4S. The quantitative estimate of drug-likeness (QED) is 0.149. The molecule has 0 radical (unpaired) electrons. The average molecular weight is 483 g/mol. The minimum atomic E-state index is -0.496. The normalized spacial score (nSPS) is 12.4. The number of benzene rings is 1. The van der Waals surface area contributed by atoms with Gasteiger partial charge in [0.05, 0.1) is 6.61 Å². The lowest BCUT2D eigenvalue weighted by Crippen LogP contribution is -2.18. The Bertz CT molecular complexity index is 899. The Morgan fingerprint density at radius 3 is 2.41 bits per heavy atom. The minimum absolute atomic E-state index is 0.144. The van der Waals surface area contributed by atoms with Crippen molar-refractivity contribution in [3.63, 3.8) is 0 Å². The summed E-state index contributed by atoms with van der Waals surface area (Å²) in [5, 5.41) is 1.01. The predicted octanol–water partition coefficient (Wildman–Crippen LogP) is 7.90. The van der Waals surface area contributed by atoms with Crippen LogP contribution >= 0.6 is 23.4 Å². The zero-order chi connectivity index (χ0) is 24.3. The van der Waals surface area contributed by atoms with E-state index in [4.69, 9.17) is 16.0 Å². The maximum absolute atomic E-state index is 11.6. The topological polar surface area (TPSA) is 56.5 Å². The zero-order valence-corrected chi connectivity index (χ0v) is 22.2. The smallest absolute Gasteiger partial charge is 0.355 e. The Morgan fingerprint density at radius 1 is 1.16 bits per heavy atom. The van der Waals surface area contributed by atoms with Crippen LogP contribution in [0.25, 0.3) is 11.0 Å². The molecule has 0 saturated carbocycles. The van der Waals surface area contributed by atoms with E-state index < -0.39 is 5.63 Å². The maximum atomic E-state index is 11.6. The number of hydrogen-bond acceptors (Lipinski definition) is 5. The highest BCUT2D eigenvalue weighted by Gasteiger charge is 2.20. The number of carbonyl (C=O) groups is 1. The van der Waals surface area contributed by atoms with Gasteiger partial charge in [0.15, 0.2) is 0 Å². The summed E-state index contributed by atoms with van der Waals surface area (Å²) in [4.78, 5) is 22.7. The Morgan fingerprint density at radius 2 is 1.84 bits per heavy atom.